The molecule has 1 saturated heterocycles. The highest BCUT2D eigenvalue weighted by Gasteiger charge is 2.24. The molecule has 118 valence electrons. The quantitative estimate of drug-likeness (QED) is 0.803. The highest BCUT2D eigenvalue weighted by Crippen LogP contribution is 2.13. The number of aromatic nitrogens is 2. The lowest BCUT2D eigenvalue weighted by atomic mass is 10.1. The Balaban J connectivity index is 2.01. The van der Waals surface area contributed by atoms with Gasteiger partial charge in [-0.2, -0.15) is 0 Å². The van der Waals surface area contributed by atoms with E-state index in [-0.39, 0.29) is 10.9 Å². The molecule has 2 N–H and O–H groups in total. The lowest BCUT2D eigenvalue weighted by molar-refractivity contribution is 0.242. The van der Waals surface area contributed by atoms with E-state index in [1.807, 2.05) is 14.0 Å². The minimum atomic E-state index is -3.55. The van der Waals surface area contributed by atoms with Crippen LogP contribution in [0.5, 0.6) is 0 Å². The van der Waals surface area contributed by atoms with Crippen LogP contribution in [0.4, 0.5) is 5.95 Å². The van der Waals surface area contributed by atoms with Gasteiger partial charge in [-0.05, 0) is 32.9 Å². The summed E-state index contributed by atoms with van der Waals surface area (Å²) in [7, 11) is -1.55. The van der Waals surface area contributed by atoms with E-state index < -0.39 is 10.0 Å². The summed E-state index contributed by atoms with van der Waals surface area (Å²) < 4.78 is 27.3. The molecular weight excluding hydrogens is 290 g/mol. The third-order valence-electron chi connectivity index (χ3n) is 3.42. The van der Waals surface area contributed by atoms with Crippen LogP contribution in [0.1, 0.15) is 26.2 Å². The van der Waals surface area contributed by atoms with E-state index in [1.165, 1.54) is 12.4 Å². The second-order valence-electron chi connectivity index (χ2n) is 5.39. The molecule has 8 heteroatoms. The van der Waals surface area contributed by atoms with Gasteiger partial charge in [0.25, 0.3) is 0 Å². The Morgan fingerprint density at radius 3 is 2.71 bits per heavy atom. The van der Waals surface area contributed by atoms with Gasteiger partial charge >= 0.3 is 0 Å². The zero-order valence-electron chi connectivity index (χ0n) is 12.5. The fourth-order valence-corrected chi connectivity index (χ4v) is 3.48. The third-order valence-corrected chi connectivity index (χ3v) is 4.89. The van der Waals surface area contributed by atoms with Crippen molar-refractivity contribution in [3.05, 3.63) is 12.4 Å². The van der Waals surface area contributed by atoms with Crippen molar-refractivity contribution in [1.29, 1.82) is 0 Å². The first-order valence-corrected chi connectivity index (χ1v) is 8.76. The molecule has 0 aliphatic carbocycles. The van der Waals surface area contributed by atoms with Crippen LogP contribution < -0.4 is 10.0 Å². The van der Waals surface area contributed by atoms with E-state index in [4.69, 9.17) is 0 Å². The Kier molecular flexibility index (Phi) is 5.49. The predicted molar refractivity (Wildman–Crippen MR) is 81.7 cm³/mol. The summed E-state index contributed by atoms with van der Waals surface area (Å²) in [6.45, 7) is 4.55. The zero-order valence-corrected chi connectivity index (χ0v) is 13.4. The smallest absolute Gasteiger partial charge is 0.243 e. The van der Waals surface area contributed by atoms with Crippen LogP contribution >= 0.6 is 0 Å². The van der Waals surface area contributed by atoms with Gasteiger partial charge in [0.05, 0.1) is 12.4 Å². The molecular formula is C13H23N5O2S. The van der Waals surface area contributed by atoms with Crippen LogP contribution in [0.15, 0.2) is 17.3 Å². The number of likely N-dealkylation sites (N-methyl/N-ethyl adjacent to an activating group) is 1. The molecule has 21 heavy (non-hydrogen) atoms. The standard InChI is InChI=1S/C13H23N5O2S/c1-3-6-14-13-15-8-12(9-16-13)21(19,20)17-11-5-4-7-18(2)10-11/h8-9,11,17H,3-7,10H2,1-2H3,(H,14,15,16). The summed E-state index contributed by atoms with van der Waals surface area (Å²) in [6.07, 6.45) is 5.51. The SMILES string of the molecule is CCCNc1ncc(S(=O)(=O)NC2CCCN(C)C2)cn1. The van der Waals surface area contributed by atoms with Crippen LogP contribution in [-0.4, -0.2) is 56.0 Å². The molecule has 1 atom stereocenters. The van der Waals surface area contributed by atoms with Gasteiger partial charge < -0.3 is 10.2 Å². The number of piperidine rings is 1. The highest BCUT2D eigenvalue weighted by molar-refractivity contribution is 7.89. The number of hydrogen-bond acceptors (Lipinski definition) is 6. The average molecular weight is 313 g/mol. The lowest BCUT2D eigenvalue weighted by Gasteiger charge is -2.29. The number of anilines is 1. The molecule has 1 aliphatic heterocycles. The Labute approximate surface area is 126 Å². The summed E-state index contributed by atoms with van der Waals surface area (Å²) >= 11 is 0. The number of hydrogen-bond donors (Lipinski definition) is 2. The Hall–Kier alpha value is -1.25. The van der Waals surface area contributed by atoms with Gasteiger partial charge in [-0.15, -0.1) is 0 Å². The topological polar surface area (TPSA) is 87.2 Å². The van der Waals surface area contributed by atoms with Gasteiger partial charge in [0.1, 0.15) is 4.90 Å². The molecule has 7 nitrogen and oxygen atoms in total. The first-order chi connectivity index (χ1) is 10.0. The molecule has 0 spiro atoms. The minimum absolute atomic E-state index is 0.0494. The maximum atomic E-state index is 12.3. The van der Waals surface area contributed by atoms with Crippen molar-refractivity contribution in [2.24, 2.45) is 0 Å². The third kappa shape index (κ3) is 4.62. The van der Waals surface area contributed by atoms with E-state index in [0.717, 1.165) is 38.9 Å². The van der Waals surface area contributed by atoms with Gasteiger partial charge in [-0.3, -0.25) is 0 Å². The molecule has 0 amide bonds. The summed E-state index contributed by atoms with van der Waals surface area (Å²) in [6, 6.07) is -0.0494. The number of likely N-dealkylation sites (tertiary alicyclic amines) is 1. The van der Waals surface area contributed by atoms with E-state index in [9.17, 15) is 8.42 Å². The second kappa shape index (κ2) is 7.15. The van der Waals surface area contributed by atoms with Gasteiger partial charge in [-0.25, -0.2) is 23.1 Å². The minimum Gasteiger partial charge on any atom is -0.354 e. The van der Waals surface area contributed by atoms with E-state index in [1.54, 1.807) is 0 Å². The Morgan fingerprint density at radius 1 is 1.38 bits per heavy atom. The van der Waals surface area contributed by atoms with E-state index in [0.29, 0.717) is 5.95 Å². The molecule has 1 aliphatic rings. The molecule has 2 heterocycles. The number of nitrogens with one attached hydrogen (secondary N) is 2. The molecule has 1 aromatic rings. The number of sulfonamides is 1. The fourth-order valence-electron chi connectivity index (χ4n) is 2.33. The second-order valence-corrected chi connectivity index (χ2v) is 7.11. The van der Waals surface area contributed by atoms with Crippen molar-refractivity contribution in [3.8, 4) is 0 Å². The predicted octanol–water partition coefficient (Wildman–Crippen LogP) is 0.671. The normalized spacial score (nSPS) is 20.4. The first kappa shape index (κ1) is 16.1. The molecule has 1 fully saturated rings. The van der Waals surface area contributed by atoms with E-state index in [2.05, 4.69) is 24.9 Å². The summed E-state index contributed by atoms with van der Waals surface area (Å²) in [5.41, 5.74) is 0. The Bertz CT molecular complexity index is 546. The van der Waals surface area contributed by atoms with Crippen LogP contribution in [0.3, 0.4) is 0 Å². The maximum Gasteiger partial charge on any atom is 0.243 e. The molecule has 2 rings (SSSR count). The lowest BCUT2D eigenvalue weighted by Crippen LogP contribution is -2.46. The summed E-state index contributed by atoms with van der Waals surface area (Å²) in [5, 5.41) is 3.02. The van der Waals surface area contributed by atoms with Crippen molar-refractivity contribution < 1.29 is 8.42 Å². The maximum absolute atomic E-state index is 12.3. The number of rotatable bonds is 6. The van der Waals surface area contributed by atoms with Crippen LogP contribution in [-0.2, 0) is 10.0 Å². The van der Waals surface area contributed by atoms with Crippen LogP contribution in [0.2, 0.25) is 0 Å². The zero-order chi connectivity index (χ0) is 15.3. The molecule has 0 bridgehead atoms. The molecule has 1 aromatic heterocycles. The fraction of sp³-hybridized carbons (Fsp3) is 0.692. The van der Waals surface area contributed by atoms with Crippen LogP contribution in [0, 0.1) is 0 Å². The van der Waals surface area contributed by atoms with Crippen LogP contribution in [0.25, 0.3) is 0 Å². The first-order valence-electron chi connectivity index (χ1n) is 7.28. The number of nitrogens with zero attached hydrogens (tertiary/aromatic N) is 3. The molecule has 0 radical (unpaired) electrons. The molecule has 0 saturated carbocycles. The van der Waals surface area contributed by atoms with E-state index >= 15 is 0 Å². The monoisotopic (exact) mass is 313 g/mol. The van der Waals surface area contributed by atoms with Crippen molar-refractivity contribution in [2.75, 3.05) is 32.0 Å². The largest absolute Gasteiger partial charge is 0.354 e. The van der Waals surface area contributed by atoms with Gasteiger partial charge in [0.2, 0.25) is 16.0 Å². The average Bonchev–Trinajstić information content (AvgIpc) is 2.45. The summed E-state index contributed by atoms with van der Waals surface area (Å²) in [5.74, 6) is 0.452. The van der Waals surface area contributed by atoms with Crippen molar-refractivity contribution in [3.63, 3.8) is 0 Å². The highest BCUT2D eigenvalue weighted by atomic mass is 32.2. The summed E-state index contributed by atoms with van der Waals surface area (Å²) in [4.78, 5) is 10.3. The molecule has 1 unspecified atom stereocenters. The van der Waals surface area contributed by atoms with Crippen molar-refractivity contribution >= 4 is 16.0 Å². The van der Waals surface area contributed by atoms with Gasteiger partial charge in [0.15, 0.2) is 0 Å². The van der Waals surface area contributed by atoms with Gasteiger partial charge in [0, 0.05) is 19.1 Å². The van der Waals surface area contributed by atoms with Gasteiger partial charge in [-0.1, -0.05) is 6.92 Å². The van der Waals surface area contributed by atoms with Crippen molar-refractivity contribution in [1.82, 2.24) is 19.6 Å². The van der Waals surface area contributed by atoms with Crippen molar-refractivity contribution in [2.45, 2.75) is 37.1 Å². The Morgan fingerprint density at radius 2 is 2.10 bits per heavy atom. The molecule has 0 aromatic carbocycles.